The van der Waals surface area contributed by atoms with E-state index in [0.29, 0.717) is 12.8 Å². The standard InChI is InChI=1S/C37H58N8O6/c1-24(2)20-30(40-36(50)51-37(7,8)9)34(48)41-43-45(23-29-18-14-11-15-19-29)27(6)33(47)39-31(21-25(3)4)35(49)42-44(26(5)32(38)46)22-28-16-12-10-13-17-28/h10-19,24-27,30-31,43H,20-23H2,1-9H3,(H2,38,46)(H,39,47)(H,40,50)(H,41,48)(H,42,49)/t26-,27-,30+,31+/m1/s1. The van der Waals surface area contributed by atoms with Gasteiger partial charge in [-0.1, -0.05) is 88.4 Å². The molecule has 4 atom stereocenters. The van der Waals surface area contributed by atoms with E-state index >= 15 is 0 Å². The minimum Gasteiger partial charge on any atom is -0.444 e. The lowest BCUT2D eigenvalue weighted by Gasteiger charge is -2.33. The number of hydrogen-bond acceptors (Lipinski definition) is 9. The smallest absolute Gasteiger partial charge is 0.408 e. The Hall–Kier alpha value is -4.53. The van der Waals surface area contributed by atoms with Crippen LogP contribution in [0, 0.1) is 11.8 Å². The van der Waals surface area contributed by atoms with Crippen LogP contribution in [0.3, 0.4) is 0 Å². The second-order valence-electron chi connectivity index (χ2n) is 14.6. The number of ether oxygens (including phenoxy) is 1. The molecule has 0 heterocycles. The zero-order valence-corrected chi connectivity index (χ0v) is 31.5. The van der Waals surface area contributed by atoms with Gasteiger partial charge in [-0.2, -0.15) is 5.53 Å². The van der Waals surface area contributed by atoms with Crippen LogP contribution in [0.15, 0.2) is 60.7 Å². The van der Waals surface area contributed by atoms with E-state index in [1.807, 2.05) is 88.4 Å². The number of nitrogens with one attached hydrogen (secondary N) is 5. The van der Waals surface area contributed by atoms with Crippen LogP contribution in [0.4, 0.5) is 4.79 Å². The Morgan fingerprint density at radius 2 is 1.14 bits per heavy atom. The lowest BCUT2D eigenvalue weighted by atomic mass is 10.0. The maximum Gasteiger partial charge on any atom is 0.408 e. The zero-order valence-electron chi connectivity index (χ0n) is 31.5. The Balaban J connectivity index is 2.27. The molecule has 0 aliphatic rings. The Morgan fingerprint density at radius 1 is 0.667 bits per heavy atom. The van der Waals surface area contributed by atoms with E-state index in [2.05, 4.69) is 27.0 Å². The van der Waals surface area contributed by atoms with Gasteiger partial charge in [-0.25, -0.2) is 14.8 Å². The van der Waals surface area contributed by atoms with Crippen molar-refractivity contribution in [3.05, 3.63) is 71.8 Å². The first-order chi connectivity index (χ1) is 23.9. The number of carbonyl (C=O) groups is 5. The summed E-state index contributed by atoms with van der Waals surface area (Å²) in [6.07, 6.45) is -0.0765. The summed E-state index contributed by atoms with van der Waals surface area (Å²) in [5.74, 6) is -2.05. The molecular weight excluding hydrogens is 652 g/mol. The monoisotopic (exact) mass is 710 g/mol. The van der Waals surface area contributed by atoms with Crippen molar-refractivity contribution >= 4 is 29.7 Å². The molecule has 0 spiro atoms. The van der Waals surface area contributed by atoms with Gasteiger partial charge in [0.2, 0.25) is 11.8 Å². The van der Waals surface area contributed by atoms with E-state index in [-0.39, 0.29) is 24.9 Å². The van der Waals surface area contributed by atoms with Crippen molar-refractivity contribution in [1.82, 2.24) is 37.0 Å². The molecule has 2 aromatic carbocycles. The first kappa shape index (κ1) is 42.6. The number of carbonyl (C=O) groups excluding carboxylic acids is 5. The van der Waals surface area contributed by atoms with Crippen molar-refractivity contribution in [1.29, 1.82) is 0 Å². The summed E-state index contributed by atoms with van der Waals surface area (Å²) in [6.45, 7) is 16.6. The predicted molar refractivity (Wildman–Crippen MR) is 196 cm³/mol. The highest BCUT2D eigenvalue weighted by Gasteiger charge is 2.31. The Labute approximate surface area is 302 Å². The number of hydrazine groups is 3. The zero-order chi connectivity index (χ0) is 38.3. The third kappa shape index (κ3) is 15.9. The van der Waals surface area contributed by atoms with Gasteiger partial charge in [0.25, 0.3) is 11.8 Å². The summed E-state index contributed by atoms with van der Waals surface area (Å²) in [5.41, 5.74) is 14.9. The molecule has 0 saturated heterocycles. The van der Waals surface area contributed by atoms with E-state index in [1.165, 1.54) is 10.0 Å². The molecule has 0 unspecified atom stereocenters. The molecule has 5 amide bonds. The fourth-order valence-electron chi connectivity index (χ4n) is 4.98. The number of hydrogen-bond donors (Lipinski definition) is 6. The SMILES string of the molecule is CC(C)C[C@H](NC(=O)OC(C)(C)C)C(=O)NNN(Cc1ccccc1)[C@H](C)C(=O)N[C@@H](CC(C)C)C(=O)NN(Cc1ccccc1)[C@H](C)C(N)=O. The van der Waals surface area contributed by atoms with Crippen molar-refractivity contribution in [2.75, 3.05) is 0 Å². The lowest BCUT2D eigenvalue weighted by molar-refractivity contribution is -0.138. The molecule has 0 aliphatic carbocycles. The normalized spacial score (nSPS) is 14.1. The van der Waals surface area contributed by atoms with Crippen molar-refractivity contribution < 1.29 is 28.7 Å². The highest BCUT2D eigenvalue weighted by molar-refractivity contribution is 5.90. The summed E-state index contributed by atoms with van der Waals surface area (Å²) in [5, 5.41) is 8.51. The summed E-state index contributed by atoms with van der Waals surface area (Å²) < 4.78 is 5.36. The van der Waals surface area contributed by atoms with Crippen LogP contribution in [-0.2, 0) is 37.0 Å². The van der Waals surface area contributed by atoms with Gasteiger partial charge in [-0.15, -0.1) is 0 Å². The van der Waals surface area contributed by atoms with Gasteiger partial charge < -0.3 is 21.1 Å². The van der Waals surface area contributed by atoms with Crippen molar-refractivity contribution in [3.63, 3.8) is 0 Å². The average molecular weight is 711 g/mol. The summed E-state index contributed by atoms with van der Waals surface area (Å²) in [4.78, 5) is 65.7. The molecule has 0 aliphatic heterocycles. The molecule has 14 nitrogen and oxygen atoms in total. The van der Waals surface area contributed by atoms with E-state index in [1.54, 1.807) is 34.6 Å². The maximum absolute atomic E-state index is 13.8. The molecule has 2 aromatic rings. The van der Waals surface area contributed by atoms with E-state index in [4.69, 9.17) is 10.5 Å². The minimum atomic E-state index is -0.958. The maximum atomic E-state index is 13.8. The van der Waals surface area contributed by atoms with Crippen LogP contribution in [0.5, 0.6) is 0 Å². The first-order valence-electron chi connectivity index (χ1n) is 17.4. The summed E-state index contributed by atoms with van der Waals surface area (Å²) >= 11 is 0. The first-order valence-corrected chi connectivity index (χ1v) is 17.4. The van der Waals surface area contributed by atoms with Crippen molar-refractivity contribution in [2.45, 2.75) is 118 Å². The molecule has 0 bridgehead atoms. The number of primary amides is 1. The fourth-order valence-corrected chi connectivity index (χ4v) is 4.98. The van der Waals surface area contributed by atoms with Crippen LogP contribution in [0.2, 0.25) is 0 Å². The van der Waals surface area contributed by atoms with Crippen molar-refractivity contribution in [2.24, 2.45) is 17.6 Å². The van der Waals surface area contributed by atoms with E-state index in [0.717, 1.165) is 11.1 Å². The molecule has 51 heavy (non-hydrogen) atoms. The fraction of sp³-hybridized carbons (Fsp3) is 0.541. The number of nitrogens with zero attached hydrogens (tertiary/aromatic N) is 2. The van der Waals surface area contributed by atoms with Crippen LogP contribution < -0.4 is 32.8 Å². The molecule has 7 N–H and O–H groups in total. The Bertz CT molecular complexity index is 1420. The van der Waals surface area contributed by atoms with Crippen LogP contribution in [-0.4, -0.2) is 69.5 Å². The van der Waals surface area contributed by atoms with Crippen molar-refractivity contribution in [3.8, 4) is 0 Å². The Morgan fingerprint density at radius 3 is 1.59 bits per heavy atom. The lowest BCUT2D eigenvalue weighted by Crippen LogP contribution is -2.62. The van der Waals surface area contributed by atoms with Gasteiger partial charge in [0, 0.05) is 13.1 Å². The van der Waals surface area contributed by atoms with E-state index < -0.39 is 59.5 Å². The number of benzene rings is 2. The number of amides is 5. The Kier molecular flexibility index (Phi) is 17.0. The number of nitrogens with two attached hydrogens (primary N) is 1. The van der Waals surface area contributed by atoms with Gasteiger partial charge >= 0.3 is 6.09 Å². The van der Waals surface area contributed by atoms with Gasteiger partial charge in [-0.3, -0.25) is 30.0 Å². The molecule has 0 radical (unpaired) electrons. The quantitative estimate of drug-likeness (QED) is 0.119. The third-order valence-corrected chi connectivity index (χ3v) is 7.75. The van der Waals surface area contributed by atoms with Crippen LogP contribution in [0.25, 0.3) is 0 Å². The van der Waals surface area contributed by atoms with Gasteiger partial charge in [0.1, 0.15) is 29.8 Å². The minimum absolute atomic E-state index is 0.0284. The summed E-state index contributed by atoms with van der Waals surface area (Å²) in [6, 6.07) is 15.0. The number of alkyl carbamates (subject to hydrolysis) is 1. The summed E-state index contributed by atoms with van der Waals surface area (Å²) in [7, 11) is 0. The molecule has 0 fully saturated rings. The number of rotatable bonds is 19. The van der Waals surface area contributed by atoms with Gasteiger partial charge in [0.15, 0.2) is 0 Å². The topological polar surface area (TPSA) is 187 Å². The largest absolute Gasteiger partial charge is 0.444 e. The predicted octanol–water partition coefficient (Wildman–Crippen LogP) is 3.29. The van der Waals surface area contributed by atoms with Crippen LogP contribution in [0.1, 0.15) is 86.3 Å². The molecule has 14 heteroatoms. The highest BCUT2D eigenvalue weighted by atomic mass is 16.6. The van der Waals surface area contributed by atoms with Gasteiger partial charge in [0.05, 0.1) is 0 Å². The molecule has 282 valence electrons. The third-order valence-electron chi connectivity index (χ3n) is 7.75. The highest BCUT2D eigenvalue weighted by Crippen LogP contribution is 2.13. The second-order valence-corrected chi connectivity index (χ2v) is 14.6. The second kappa shape index (κ2) is 20.4. The molecule has 0 saturated carbocycles. The average Bonchev–Trinajstić information content (AvgIpc) is 3.04. The molecular formula is C37H58N8O6. The molecule has 2 rings (SSSR count). The molecule has 0 aromatic heterocycles. The van der Waals surface area contributed by atoms with E-state index in [9.17, 15) is 24.0 Å². The van der Waals surface area contributed by atoms with Gasteiger partial charge in [-0.05, 0) is 70.4 Å². The van der Waals surface area contributed by atoms with Crippen LogP contribution >= 0.6 is 0 Å².